The summed E-state index contributed by atoms with van der Waals surface area (Å²) in [6.45, 7) is 2.14. The SMILES string of the molecule is Cc1ccc(CCCCCCCc2ccc(N)cc2N)cc1. The molecule has 0 aliphatic carbocycles. The molecule has 0 saturated heterocycles. The Morgan fingerprint density at radius 2 is 1.36 bits per heavy atom. The third-order valence-electron chi connectivity index (χ3n) is 4.20. The van der Waals surface area contributed by atoms with Crippen molar-refractivity contribution in [1.82, 2.24) is 0 Å². The monoisotopic (exact) mass is 296 g/mol. The van der Waals surface area contributed by atoms with Gasteiger partial charge in [0.15, 0.2) is 0 Å². The Bertz CT molecular complexity index is 573. The van der Waals surface area contributed by atoms with Crippen molar-refractivity contribution < 1.29 is 0 Å². The Morgan fingerprint density at radius 1 is 0.727 bits per heavy atom. The van der Waals surface area contributed by atoms with Gasteiger partial charge in [-0.2, -0.15) is 0 Å². The van der Waals surface area contributed by atoms with Gasteiger partial charge in [-0.05, 0) is 55.9 Å². The maximum atomic E-state index is 5.98. The van der Waals surface area contributed by atoms with Gasteiger partial charge in [-0.1, -0.05) is 55.2 Å². The molecule has 2 aromatic carbocycles. The maximum absolute atomic E-state index is 5.98. The van der Waals surface area contributed by atoms with E-state index in [9.17, 15) is 0 Å². The Labute approximate surface area is 134 Å². The summed E-state index contributed by atoms with van der Waals surface area (Å²) in [5, 5.41) is 0. The quantitative estimate of drug-likeness (QED) is 0.538. The second kappa shape index (κ2) is 8.47. The highest BCUT2D eigenvalue weighted by Crippen LogP contribution is 2.18. The summed E-state index contributed by atoms with van der Waals surface area (Å²) in [6, 6.07) is 14.8. The Morgan fingerprint density at radius 3 is 2.05 bits per heavy atom. The van der Waals surface area contributed by atoms with Crippen molar-refractivity contribution in [1.29, 1.82) is 0 Å². The van der Waals surface area contributed by atoms with Crippen LogP contribution in [0.1, 0.15) is 48.8 Å². The molecule has 0 atom stereocenters. The van der Waals surface area contributed by atoms with Crippen molar-refractivity contribution in [3.05, 3.63) is 59.2 Å². The van der Waals surface area contributed by atoms with Gasteiger partial charge in [0.1, 0.15) is 0 Å². The molecule has 0 amide bonds. The molecule has 0 heterocycles. The predicted octanol–water partition coefficient (Wildman–Crippen LogP) is 4.90. The second-order valence-corrected chi connectivity index (χ2v) is 6.21. The summed E-state index contributed by atoms with van der Waals surface area (Å²) < 4.78 is 0. The molecule has 0 bridgehead atoms. The normalized spacial score (nSPS) is 10.8. The van der Waals surface area contributed by atoms with Crippen molar-refractivity contribution in [3.8, 4) is 0 Å². The summed E-state index contributed by atoms with van der Waals surface area (Å²) in [6.07, 6.45) is 8.64. The van der Waals surface area contributed by atoms with Crippen LogP contribution in [0.5, 0.6) is 0 Å². The maximum Gasteiger partial charge on any atom is 0.0367 e. The Balaban J connectivity index is 1.57. The van der Waals surface area contributed by atoms with Gasteiger partial charge >= 0.3 is 0 Å². The fourth-order valence-electron chi connectivity index (χ4n) is 2.77. The highest BCUT2D eigenvalue weighted by atomic mass is 14.6. The molecule has 2 rings (SSSR count). The van der Waals surface area contributed by atoms with Gasteiger partial charge in [-0.3, -0.25) is 0 Å². The van der Waals surface area contributed by atoms with Crippen molar-refractivity contribution in [2.24, 2.45) is 0 Å². The molecule has 2 aromatic rings. The standard InChI is InChI=1S/C20H28N2/c1-16-9-11-17(12-10-16)7-5-3-2-4-6-8-18-13-14-19(21)15-20(18)22/h9-15H,2-8,21-22H2,1H3. The van der Waals surface area contributed by atoms with E-state index in [2.05, 4.69) is 37.3 Å². The van der Waals surface area contributed by atoms with Crippen molar-refractivity contribution in [3.63, 3.8) is 0 Å². The number of hydrogen-bond donors (Lipinski definition) is 2. The first kappa shape index (κ1) is 16.4. The van der Waals surface area contributed by atoms with Gasteiger partial charge < -0.3 is 11.5 Å². The van der Waals surface area contributed by atoms with E-state index >= 15 is 0 Å². The van der Waals surface area contributed by atoms with Crippen LogP contribution in [0.4, 0.5) is 11.4 Å². The average Bonchev–Trinajstić information content (AvgIpc) is 2.50. The van der Waals surface area contributed by atoms with Crippen LogP contribution in [-0.2, 0) is 12.8 Å². The van der Waals surface area contributed by atoms with Crippen molar-refractivity contribution >= 4 is 11.4 Å². The number of aryl methyl sites for hydroxylation is 3. The highest BCUT2D eigenvalue weighted by molar-refractivity contribution is 5.56. The van der Waals surface area contributed by atoms with Gasteiger partial charge in [0.05, 0.1) is 0 Å². The van der Waals surface area contributed by atoms with Crippen LogP contribution in [-0.4, -0.2) is 0 Å². The average molecular weight is 296 g/mol. The van der Waals surface area contributed by atoms with E-state index in [1.54, 1.807) is 0 Å². The first-order chi connectivity index (χ1) is 10.6. The molecule has 22 heavy (non-hydrogen) atoms. The van der Waals surface area contributed by atoms with Crippen LogP contribution < -0.4 is 11.5 Å². The predicted molar refractivity (Wildman–Crippen MR) is 96.9 cm³/mol. The second-order valence-electron chi connectivity index (χ2n) is 6.21. The van der Waals surface area contributed by atoms with Crippen LogP contribution >= 0.6 is 0 Å². The molecular weight excluding hydrogens is 268 g/mol. The molecule has 0 unspecified atom stereocenters. The largest absolute Gasteiger partial charge is 0.399 e. The lowest BCUT2D eigenvalue weighted by Crippen LogP contribution is -1.96. The van der Waals surface area contributed by atoms with E-state index < -0.39 is 0 Å². The molecular formula is C20H28N2. The molecule has 2 nitrogen and oxygen atoms in total. The molecule has 2 heteroatoms. The Hall–Kier alpha value is -1.96. The summed E-state index contributed by atoms with van der Waals surface area (Å²) in [4.78, 5) is 0. The van der Waals surface area contributed by atoms with Crippen molar-refractivity contribution in [2.45, 2.75) is 51.9 Å². The highest BCUT2D eigenvalue weighted by Gasteiger charge is 2.00. The Kier molecular flexibility index (Phi) is 6.32. The lowest BCUT2D eigenvalue weighted by Gasteiger charge is -2.07. The molecule has 0 aromatic heterocycles. The zero-order valence-electron chi connectivity index (χ0n) is 13.6. The zero-order chi connectivity index (χ0) is 15.8. The molecule has 4 N–H and O–H groups in total. The van der Waals surface area contributed by atoms with E-state index in [4.69, 9.17) is 11.5 Å². The molecule has 0 aliphatic heterocycles. The minimum Gasteiger partial charge on any atom is -0.399 e. The molecule has 0 spiro atoms. The van der Waals surface area contributed by atoms with Gasteiger partial charge in [0.2, 0.25) is 0 Å². The van der Waals surface area contributed by atoms with Gasteiger partial charge in [-0.25, -0.2) is 0 Å². The summed E-state index contributed by atoms with van der Waals surface area (Å²) >= 11 is 0. The van der Waals surface area contributed by atoms with E-state index in [-0.39, 0.29) is 0 Å². The number of benzene rings is 2. The van der Waals surface area contributed by atoms with E-state index in [1.807, 2.05) is 12.1 Å². The smallest absolute Gasteiger partial charge is 0.0367 e. The molecule has 0 saturated carbocycles. The van der Waals surface area contributed by atoms with Gasteiger partial charge in [0, 0.05) is 11.4 Å². The van der Waals surface area contributed by atoms with Crippen molar-refractivity contribution in [2.75, 3.05) is 11.5 Å². The zero-order valence-corrected chi connectivity index (χ0v) is 13.6. The summed E-state index contributed by atoms with van der Waals surface area (Å²) in [5.41, 5.74) is 17.3. The van der Waals surface area contributed by atoms with Crippen LogP contribution in [0.2, 0.25) is 0 Å². The van der Waals surface area contributed by atoms with Gasteiger partial charge in [0.25, 0.3) is 0 Å². The number of rotatable bonds is 8. The summed E-state index contributed by atoms with van der Waals surface area (Å²) in [5.74, 6) is 0. The van der Waals surface area contributed by atoms with Crippen LogP contribution in [0.25, 0.3) is 0 Å². The molecule has 118 valence electrons. The lowest BCUT2D eigenvalue weighted by molar-refractivity contribution is 0.614. The number of anilines is 2. The van der Waals surface area contributed by atoms with E-state index in [0.29, 0.717) is 0 Å². The summed E-state index contributed by atoms with van der Waals surface area (Å²) in [7, 11) is 0. The number of unbranched alkanes of at least 4 members (excludes halogenated alkanes) is 4. The lowest BCUT2D eigenvalue weighted by atomic mass is 10.0. The first-order valence-corrected chi connectivity index (χ1v) is 8.34. The van der Waals surface area contributed by atoms with Crippen LogP contribution in [0.3, 0.4) is 0 Å². The molecule has 0 radical (unpaired) electrons. The van der Waals surface area contributed by atoms with Crippen LogP contribution in [0, 0.1) is 6.92 Å². The van der Waals surface area contributed by atoms with E-state index in [1.165, 1.54) is 55.2 Å². The number of nitrogen functional groups attached to an aromatic ring is 2. The molecule has 0 aliphatic rings. The minimum atomic E-state index is 0.748. The molecule has 0 fully saturated rings. The fraction of sp³-hybridized carbons (Fsp3) is 0.400. The third kappa shape index (κ3) is 5.44. The first-order valence-electron chi connectivity index (χ1n) is 8.34. The number of hydrogen-bond acceptors (Lipinski definition) is 2. The van der Waals surface area contributed by atoms with Crippen LogP contribution in [0.15, 0.2) is 42.5 Å². The van der Waals surface area contributed by atoms with E-state index in [0.717, 1.165) is 17.8 Å². The minimum absolute atomic E-state index is 0.748. The number of nitrogens with two attached hydrogens (primary N) is 2. The fourth-order valence-corrected chi connectivity index (χ4v) is 2.77. The third-order valence-corrected chi connectivity index (χ3v) is 4.20. The van der Waals surface area contributed by atoms with Gasteiger partial charge in [-0.15, -0.1) is 0 Å². The topological polar surface area (TPSA) is 52.0 Å².